The van der Waals surface area contributed by atoms with Crippen LogP contribution in [0.25, 0.3) is 6.08 Å². The molecular formula is C23H20F3N5O3. The van der Waals surface area contributed by atoms with E-state index in [2.05, 4.69) is 15.6 Å². The van der Waals surface area contributed by atoms with E-state index in [4.69, 9.17) is 10.00 Å². The van der Waals surface area contributed by atoms with Crippen molar-refractivity contribution in [2.24, 2.45) is 0 Å². The first kappa shape index (κ1) is 23.1. The van der Waals surface area contributed by atoms with Gasteiger partial charge in [0.05, 0.1) is 31.4 Å². The molecule has 0 saturated carbocycles. The minimum absolute atomic E-state index is 0.217. The molecule has 176 valence electrons. The first-order valence-electron chi connectivity index (χ1n) is 10.4. The van der Waals surface area contributed by atoms with Gasteiger partial charge in [0, 0.05) is 36.0 Å². The van der Waals surface area contributed by atoms with Crippen molar-refractivity contribution >= 4 is 23.6 Å². The number of halogens is 3. The van der Waals surface area contributed by atoms with Crippen LogP contribution in [0.4, 0.5) is 18.9 Å². The Balaban J connectivity index is 1.39. The highest BCUT2D eigenvalue weighted by Gasteiger charge is 2.47. The van der Waals surface area contributed by atoms with Gasteiger partial charge < -0.3 is 20.3 Å². The number of nitriles is 1. The monoisotopic (exact) mass is 471 g/mol. The van der Waals surface area contributed by atoms with Crippen molar-refractivity contribution < 1.29 is 27.5 Å². The quantitative estimate of drug-likeness (QED) is 0.694. The molecule has 1 aromatic carbocycles. The smallest absolute Gasteiger partial charge is 0.268 e. The summed E-state index contributed by atoms with van der Waals surface area (Å²) in [6.07, 6.45) is 5.10. The van der Waals surface area contributed by atoms with Gasteiger partial charge in [-0.3, -0.25) is 14.6 Å². The molecule has 4 rings (SSSR count). The van der Waals surface area contributed by atoms with Crippen molar-refractivity contribution in [3.63, 3.8) is 0 Å². The number of likely N-dealkylation sites (tertiary alicyclic amines) is 1. The molecule has 0 bridgehead atoms. The average molecular weight is 471 g/mol. The second-order valence-electron chi connectivity index (χ2n) is 7.91. The number of hydrogen-bond acceptors (Lipinski definition) is 6. The van der Waals surface area contributed by atoms with Crippen molar-refractivity contribution in [2.75, 3.05) is 25.0 Å². The van der Waals surface area contributed by atoms with E-state index in [1.54, 1.807) is 18.2 Å². The number of hydrogen-bond donors (Lipinski definition) is 2. The summed E-state index contributed by atoms with van der Waals surface area (Å²) in [4.78, 5) is 29.8. The van der Waals surface area contributed by atoms with Crippen LogP contribution in [0, 0.1) is 17.1 Å². The third-order valence-corrected chi connectivity index (χ3v) is 5.44. The number of anilines is 1. The molecule has 1 aromatic heterocycles. The van der Waals surface area contributed by atoms with E-state index in [0.29, 0.717) is 23.5 Å². The van der Waals surface area contributed by atoms with Crippen molar-refractivity contribution in [1.82, 2.24) is 15.2 Å². The van der Waals surface area contributed by atoms with E-state index < -0.39 is 49.4 Å². The lowest BCUT2D eigenvalue weighted by atomic mass is 10.1. The molecule has 1 unspecified atom stereocenters. The Labute approximate surface area is 193 Å². The van der Waals surface area contributed by atoms with Gasteiger partial charge in [0.25, 0.3) is 11.8 Å². The van der Waals surface area contributed by atoms with Gasteiger partial charge in [-0.15, -0.1) is 0 Å². The van der Waals surface area contributed by atoms with E-state index in [1.165, 1.54) is 36.7 Å². The minimum atomic E-state index is -3.13. The Morgan fingerprint density at radius 1 is 1.38 bits per heavy atom. The molecule has 3 heterocycles. The summed E-state index contributed by atoms with van der Waals surface area (Å²) in [6, 6.07) is 6.07. The zero-order valence-electron chi connectivity index (χ0n) is 17.8. The maximum atomic E-state index is 13.6. The number of benzene rings is 1. The van der Waals surface area contributed by atoms with Crippen molar-refractivity contribution in [1.29, 1.82) is 5.26 Å². The minimum Gasteiger partial charge on any atom is -0.482 e. The SMILES string of the molecule is N#C[C@@H]1CC(F)(F)CN1C(=O)CNC(=O)c1ccncc1/C=C/C1CNc2cc(F)ccc2O1. The molecule has 2 aromatic rings. The summed E-state index contributed by atoms with van der Waals surface area (Å²) >= 11 is 0. The van der Waals surface area contributed by atoms with Crippen LogP contribution in [0.1, 0.15) is 22.3 Å². The molecule has 1 fully saturated rings. The van der Waals surface area contributed by atoms with Crippen molar-refractivity contribution in [3.05, 3.63) is 59.7 Å². The highest BCUT2D eigenvalue weighted by atomic mass is 19.3. The molecular weight excluding hydrogens is 451 g/mol. The number of nitrogens with zero attached hydrogens (tertiary/aromatic N) is 3. The first-order valence-corrected chi connectivity index (χ1v) is 10.4. The molecule has 2 N–H and O–H groups in total. The molecule has 34 heavy (non-hydrogen) atoms. The maximum absolute atomic E-state index is 13.6. The fraction of sp³-hybridized carbons (Fsp3) is 0.304. The van der Waals surface area contributed by atoms with Crippen molar-refractivity contribution in [2.45, 2.75) is 24.5 Å². The fourth-order valence-electron chi connectivity index (χ4n) is 3.77. The molecule has 0 radical (unpaired) electrons. The van der Waals surface area contributed by atoms with Gasteiger partial charge in [-0.2, -0.15) is 5.26 Å². The first-order chi connectivity index (χ1) is 16.3. The number of amides is 2. The number of aromatic nitrogens is 1. The number of alkyl halides is 2. The molecule has 8 nitrogen and oxygen atoms in total. The van der Waals surface area contributed by atoms with Crippen LogP contribution in [-0.4, -0.2) is 59.4 Å². The third-order valence-electron chi connectivity index (χ3n) is 5.44. The Morgan fingerprint density at radius 2 is 2.21 bits per heavy atom. The topological polar surface area (TPSA) is 107 Å². The van der Waals surface area contributed by atoms with Gasteiger partial charge in [0.15, 0.2) is 0 Å². The van der Waals surface area contributed by atoms with Crippen LogP contribution in [0.3, 0.4) is 0 Å². The average Bonchev–Trinajstić information content (AvgIpc) is 3.15. The standard InChI is InChI=1S/C23H20F3N5O3/c24-15-2-4-20-19(7-15)29-11-17(34-20)3-1-14-10-28-6-5-18(14)22(33)30-12-21(32)31-13-23(25,26)8-16(31)9-27/h1-7,10,16-17,29H,8,11-13H2,(H,30,33)/b3-1+/t16-,17?/m0/s1. The Hall–Kier alpha value is -4.07. The lowest BCUT2D eigenvalue weighted by molar-refractivity contribution is -0.131. The van der Waals surface area contributed by atoms with E-state index in [9.17, 15) is 22.8 Å². The zero-order valence-corrected chi connectivity index (χ0v) is 17.8. The Bertz CT molecular complexity index is 1180. The van der Waals surface area contributed by atoms with Gasteiger partial charge in [0.1, 0.15) is 23.7 Å². The predicted octanol–water partition coefficient (Wildman–Crippen LogP) is 2.60. The summed E-state index contributed by atoms with van der Waals surface area (Å²) in [5.74, 6) is -4.38. The van der Waals surface area contributed by atoms with Crippen LogP contribution in [0.2, 0.25) is 0 Å². The second kappa shape index (κ2) is 9.43. The summed E-state index contributed by atoms with van der Waals surface area (Å²) < 4.78 is 46.3. The molecule has 2 atom stereocenters. The summed E-state index contributed by atoms with van der Waals surface area (Å²) in [5, 5.41) is 14.5. The van der Waals surface area contributed by atoms with E-state index in [0.717, 1.165) is 4.90 Å². The lowest BCUT2D eigenvalue weighted by Crippen LogP contribution is -2.43. The van der Waals surface area contributed by atoms with Crippen molar-refractivity contribution in [3.8, 4) is 11.8 Å². The van der Waals surface area contributed by atoms with E-state index in [1.807, 2.05) is 0 Å². The fourth-order valence-corrected chi connectivity index (χ4v) is 3.77. The van der Waals surface area contributed by atoms with Crippen LogP contribution >= 0.6 is 0 Å². The number of carbonyl (C=O) groups is 2. The molecule has 1 saturated heterocycles. The molecule has 11 heteroatoms. The largest absolute Gasteiger partial charge is 0.482 e. The highest BCUT2D eigenvalue weighted by Crippen LogP contribution is 2.32. The van der Waals surface area contributed by atoms with Crippen LogP contribution in [0.15, 0.2) is 42.7 Å². The molecule has 2 amide bonds. The number of fused-ring (bicyclic) bond motifs is 1. The van der Waals surface area contributed by atoms with E-state index in [-0.39, 0.29) is 11.4 Å². The second-order valence-corrected chi connectivity index (χ2v) is 7.91. The van der Waals surface area contributed by atoms with Crippen LogP contribution in [-0.2, 0) is 4.79 Å². The normalized spacial score (nSPS) is 20.7. The number of carbonyl (C=O) groups excluding carboxylic acids is 2. The van der Waals surface area contributed by atoms with Gasteiger partial charge >= 0.3 is 0 Å². The molecule has 0 aliphatic carbocycles. The number of ether oxygens (including phenoxy) is 1. The molecule has 0 spiro atoms. The van der Waals surface area contributed by atoms with Gasteiger partial charge in [-0.05, 0) is 24.3 Å². The van der Waals surface area contributed by atoms with E-state index >= 15 is 0 Å². The number of pyridine rings is 1. The summed E-state index contributed by atoms with van der Waals surface area (Å²) in [6.45, 7) is -1.00. The Morgan fingerprint density at radius 3 is 3.00 bits per heavy atom. The number of nitrogens with one attached hydrogen (secondary N) is 2. The summed E-state index contributed by atoms with van der Waals surface area (Å²) in [5.41, 5.74) is 1.21. The number of rotatable bonds is 5. The molecule has 2 aliphatic rings. The zero-order chi connectivity index (χ0) is 24.3. The highest BCUT2D eigenvalue weighted by molar-refractivity contribution is 5.99. The van der Waals surface area contributed by atoms with Crippen LogP contribution < -0.4 is 15.4 Å². The Kier molecular flexibility index (Phi) is 6.40. The predicted molar refractivity (Wildman–Crippen MR) is 116 cm³/mol. The maximum Gasteiger partial charge on any atom is 0.268 e. The van der Waals surface area contributed by atoms with Crippen LogP contribution in [0.5, 0.6) is 5.75 Å². The van der Waals surface area contributed by atoms with Gasteiger partial charge in [-0.25, -0.2) is 13.2 Å². The third kappa shape index (κ3) is 5.11. The van der Waals surface area contributed by atoms with Gasteiger partial charge in [0.2, 0.25) is 5.91 Å². The lowest BCUT2D eigenvalue weighted by Gasteiger charge is -2.25. The molecule has 2 aliphatic heterocycles. The van der Waals surface area contributed by atoms with Gasteiger partial charge in [-0.1, -0.05) is 6.08 Å². The summed E-state index contributed by atoms with van der Waals surface area (Å²) in [7, 11) is 0.